The molecule has 1 aliphatic rings. The highest BCUT2D eigenvalue weighted by molar-refractivity contribution is 7.59. The van der Waals surface area contributed by atoms with Crippen molar-refractivity contribution in [3.05, 3.63) is 17.0 Å². The molecule has 0 aromatic carbocycles. The molecule has 0 amide bonds. The van der Waals surface area contributed by atoms with Gasteiger partial charge in [0, 0.05) is 5.92 Å². The molecule has 0 radical (unpaired) electrons. The first-order chi connectivity index (χ1) is 10.9. The van der Waals surface area contributed by atoms with E-state index in [0.717, 1.165) is 43.4 Å². The summed E-state index contributed by atoms with van der Waals surface area (Å²) in [5.41, 5.74) is 5.55. The molecular formula is C14H17N2O5PS. The van der Waals surface area contributed by atoms with Crippen LogP contribution in [0.1, 0.15) is 41.8 Å². The Morgan fingerprint density at radius 1 is 1.30 bits per heavy atom. The number of Topliss-reactive ketones (excluding diaryl/α,β-unsaturated/α-hetero) is 1. The molecule has 0 aliphatic heterocycles. The van der Waals surface area contributed by atoms with Crippen LogP contribution < -0.4 is 11.2 Å². The zero-order chi connectivity index (χ0) is 16.6. The van der Waals surface area contributed by atoms with Crippen molar-refractivity contribution in [2.24, 2.45) is 5.92 Å². The van der Waals surface area contributed by atoms with Crippen LogP contribution in [0.25, 0.3) is 11.5 Å². The zero-order valence-electron chi connectivity index (χ0n) is 12.3. The van der Waals surface area contributed by atoms with Crippen LogP contribution >= 0.6 is 18.9 Å². The van der Waals surface area contributed by atoms with Crippen LogP contribution in [0.4, 0.5) is 5.13 Å². The summed E-state index contributed by atoms with van der Waals surface area (Å²) in [6.45, 7) is 0. The second-order valence-electron chi connectivity index (χ2n) is 5.61. The molecule has 7 nitrogen and oxygen atoms in total. The van der Waals surface area contributed by atoms with Gasteiger partial charge >= 0.3 is 7.60 Å². The van der Waals surface area contributed by atoms with Crippen molar-refractivity contribution in [1.82, 2.24) is 4.98 Å². The fraction of sp³-hybridized carbons (Fsp3) is 0.429. The Labute approximate surface area is 136 Å². The van der Waals surface area contributed by atoms with Gasteiger partial charge in [-0.15, -0.1) is 0 Å². The van der Waals surface area contributed by atoms with Gasteiger partial charge in [0.1, 0.15) is 10.6 Å². The van der Waals surface area contributed by atoms with E-state index < -0.39 is 13.1 Å². The number of carbonyl (C=O) groups excluding carboxylic acids is 1. The molecule has 0 saturated heterocycles. The zero-order valence-corrected chi connectivity index (χ0v) is 14.0. The highest BCUT2D eigenvalue weighted by Gasteiger charge is 2.30. The smallest absolute Gasteiger partial charge is 0.391 e. The molecule has 1 saturated carbocycles. The Kier molecular flexibility index (Phi) is 4.42. The molecule has 3 rings (SSSR count). The van der Waals surface area contributed by atoms with E-state index >= 15 is 0 Å². The highest BCUT2D eigenvalue weighted by Crippen LogP contribution is 2.38. The first-order valence-corrected chi connectivity index (χ1v) is 9.76. The Morgan fingerprint density at radius 3 is 2.61 bits per heavy atom. The topological polar surface area (TPSA) is 127 Å². The second-order valence-corrected chi connectivity index (χ2v) is 8.17. The van der Waals surface area contributed by atoms with Crippen LogP contribution in [0.3, 0.4) is 0 Å². The molecular weight excluding hydrogens is 339 g/mol. The number of nitrogens with zero attached hydrogens (tertiary/aromatic N) is 1. The van der Waals surface area contributed by atoms with Crippen LogP contribution in [-0.4, -0.2) is 20.6 Å². The molecule has 23 heavy (non-hydrogen) atoms. The minimum atomic E-state index is -4.48. The second kappa shape index (κ2) is 6.20. The van der Waals surface area contributed by atoms with E-state index in [2.05, 4.69) is 4.98 Å². The van der Waals surface area contributed by atoms with E-state index in [1.807, 2.05) is 0 Å². The Balaban J connectivity index is 1.96. The number of anilines is 1. The largest absolute Gasteiger partial charge is 0.446 e. The van der Waals surface area contributed by atoms with Crippen molar-refractivity contribution in [3.63, 3.8) is 0 Å². The van der Waals surface area contributed by atoms with Crippen LogP contribution in [0.15, 0.2) is 16.5 Å². The average molecular weight is 356 g/mol. The summed E-state index contributed by atoms with van der Waals surface area (Å²) in [5.74, 6) is 0.0945. The monoisotopic (exact) mass is 356 g/mol. The molecule has 124 valence electrons. The summed E-state index contributed by atoms with van der Waals surface area (Å²) in [6.07, 6.45) is 4.90. The quantitative estimate of drug-likeness (QED) is 0.567. The summed E-state index contributed by atoms with van der Waals surface area (Å²) in [5, 5.41) is 0.230. The van der Waals surface area contributed by atoms with E-state index in [9.17, 15) is 9.36 Å². The lowest BCUT2D eigenvalue weighted by Crippen LogP contribution is -2.17. The molecule has 0 atom stereocenters. The van der Waals surface area contributed by atoms with Crippen molar-refractivity contribution in [1.29, 1.82) is 0 Å². The van der Waals surface area contributed by atoms with Crippen molar-refractivity contribution in [3.8, 4) is 11.5 Å². The van der Waals surface area contributed by atoms with Gasteiger partial charge in [-0.05, 0) is 25.0 Å². The van der Waals surface area contributed by atoms with Gasteiger partial charge in [0.2, 0.25) is 5.50 Å². The highest BCUT2D eigenvalue weighted by atomic mass is 32.1. The van der Waals surface area contributed by atoms with Crippen LogP contribution in [0, 0.1) is 5.92 Å². The number of nitrogen functional groups attached to an aromatic ring is 1. The van der Waals surface area contributed by atoms with E-state index in [4.69, 9.17) is 19.9 Å². The summed E-state index contributed by atoms with van der Waals surface area (Å²) >= 11 is 1.09. The van der Waals surface area contributed by atoms with Crippen molar-refractivity contribution in [2.75, 3.05) is 5.73 Å². The molecule has 0 spiro atoms. The fourth-order valence-corrected chi connectivity index (χ4v) is 4.17. The lowest BCUT2D eigenvalue weighted by Gasteiger charge is -2.19. The summed E-state index contributed by atoms with van der Waals surface area (Å²) in [7, 11) is -4.48. The number of aromatic nitrogens is 1. The molecule has 0 unspecified atom stereocenters. The van der Waals surface area contributed by atoms with E-state index in [1.165, 1.54) is 12.1 Å². The SMILES string of the molecule is Nc1nc(-c2ccc(P(=O)(O)O)o2)c(C(=O)C2CCCCC2)s1. The maximum atomic E-state index is 12.7. The number of hydrogen-bond acceptors (Lipinski definition) is 6. The number of ketones is 1. The number of thiazole rings is 1. The van der Waals surface area contributed by atoms with Gasteiger partial charge in [0.05, 0.1) is 0 Å². The van der Waals surface area contributed by atoms with Crippen molar-refractivity contribution < 1.29 is 23.6 Å². The maximum absolute atomic E-state index is 12.7. The van der Waals surface area contributed by atoms with Crippen LogP contribution in [-0.2, 0) is 4.57 Å². The number of furan rings is 1. The predicted molar refractivity (Wildman–Crippen MR) is 86.8 cm³/mol. The molecule has 2 aromatic rings. The standard InChI is InChI=1S/C14H17N2O5PS/c15-14-16-11(9-6-7-10(21-9)22(18,19)20)13(23-14)12(17)8-4-2-1-3-5-8/h6-8H,1-5H2,(H2,15,16)(H2,18,19,20). The fourth-order valence-electron chi connectivity index (χ4n) is 2.83. The third kappa shape index (κ3) is 3.40. The van der Waals surface area contributed by atoms with E-state index in [-0.39, 0.29) is 28.3 Å². The number of hydrogen-bond donors (Lipinski definition) is 3. The molecule has 9 heteroatoms. The Bertz CT molecular complexity index is 772. The molecule has 2 heterocycles. The summed E-state index contributed by atoms with van der Waals surface area (Å²) < 4.78 is 16.4. The van der Waals surface area contributed by atoms with Gasteiger partial charge in [-0.3, -0.25) is 9.36 Å². The van der Waals surface area contributed by atoms with E-state index in [1.54, 1.807) is 0 Å². The Morgan fingerprint density at radius 2 is 2.00 bits per heavy atom. The van der Waals surface area contributed by atoms with Crippen molar-refractivity contribution in [2.45, 2.75) is 32.1 Å². The minimum absolute atomic E-state index is 0.0111. The molecule has 1 fully saturated rings. The normalized spacial score (nSPS) is 16.6. The summed E-state index contributed by atoms with van der Waals surface area (Å²) in [6, 6.07) is 2.60. The number of carbonyl (C=O) groups is 1. The van der Waals surface area contributed by atoms with Gasteiger partial charge in [0.15, 0.2) is 16.7 Å². The molecule has 4 N–H and O–H groups in total. The van der Waals surface area contributed by atoms with Crippen molar-refractivity contribution >= 4 is 35.3 Å². The maximum Gasteiger partial charge on any atom is 0.391 e. The van der Waals surface area contributed by atoms with Gasteiger partial charge in [0.25, 0.3) is 0 Å². The Hall–Kier alpha value is -1.47. The van der Waals surface area contributed by atoms with Crippen LogP contribution in [0.2, 0.25) is 0 Å². The molecule has 1 aliphatic carbocycles. The van der Waals surface area contributed by atoms with Gasteiger partial charge in [-0.1, -0.05) is 30.6 Å². The summed E-state index contributed by atoms with van der Waals surface area (Å²) in [4.78, 5) is 35.5. The van der Waals surface area contributed by atoms with Gasteiger partial charge in [-0.2, -0.15) is 0 Å². The van der Waals surface area contributed by atoms with E-state index in [0.29, 0.717) is 4.88 Å². The third-order valence-electron chi connectivity index (χ3n) is 3.96. The third-order valence-corrected chi connectivity index (χ3v) is 5.67. The lowest BCUT2D eigenvalue weighted by atomic mass is 9.85. The lowest BCUT2D eigenvalue weighted by molar-refractivity contribution is 0.0894. The molecule has 0 bridgehead atoms. The number of nitrogens with two attached hydrogens (primary N) is 1. The minimum Gasteiger partial charge on any atom is -0.446 e. The first kappa shape index (κ1) is 16.4. The van der Waals surface area contributed by atoms with Gasteiger partial charge in [-0.25, -0.2) is 4.98 Å². The van der Waals surface area contributed by atoms with Crippen LogP contribution in [0.5, 0.6) is 0 Å². The predicted octanol–water partition coefficient (Wildman–Crippen LogP) is 2.55. The average Bonchev–Trinajstić information content (AvgIpc) is 3.13. The number of rotatable bonds is 4. The van der Waals surface area contributed by atoms with Gasteiger partial charge < -0.3 is 19.9 Å². The first-order valence-electron chi connectivity index (χ1n) is 7.33. The molecule has 2 aromatic heterocycles.